The molecule has 0 aromatic rings. The molecule has 80 heavy (non-hydrogen) atoms. The molecule has 0 bridgehead atoms. The van der Waals surface area contributed by atoms with E-state index in [4.69, 9.17) is 71.4 Å². The maximum atomic E-state index is 11.4. The first-order valence-corrected chi connectivity index (χ1v) is 26.6. The molecule has 0 unspecified atom stereocenters. The molecule has 0 aromatic carbocycles. The average molecular weight is 1200 g/mol. The van der Waals surface area contributed by atoms with Gasteiger partial charge in [-0.3, -0.25) is 0 Å². The number of hydrogen-bond acceptors (Lipinski definition) is 36. The second-order valence-electron chi connectivity index (χ2n) is 20.2. The molecule has 21 N–H and O–H groups in total. The number of ether oxygens (including phenoxy) is 14. The molecule has 0 amide bonds. The first-order valence-electron chi connectivity index (χ1n) is 25.7. The highest BCUT2D eigenvalue weighted by atomic mass is 32.2. The minimum Gasteiger partial charge on any atom is -0.394 e. The highest BCUT2D eigenvalue weighted by molar-refractivity contribution is 8.07. The van der Waals surface area contributed by atoms with Crippen LogP contribution in [0, 0.1) is 0 Å². The largest absolute Gasteiger partial charge is 0.394 e. The Hall–Kier alpha value is -1.05. The van der Waals surface area contributed by atoms with Crippen molar-refractivity contribution in [2.75, 3.05) is 59.5 Å². The lowest BCUT2D eigenvalue weighted by Crippen LogP contribution is -2.68. The Bertz CT molecular complexity index is 1880. The summed E-state index contributed by atoms with van der Waals surface area (Å²) in [6, 6.07) is 0. The standard InChI is InChI=1S/C44H74O35S/c45-1-2-66-44-37-36(80-37)35(16(9-52)73-44)79-43-29(65)23(59)34(15(8-51)72-43)78-42-28(64)22(58)33(14(7-50)71-42)77-41-27(63)21(57)32(13(6-49)70-41)76-40-26(62)20(56)31(12(5-48)69-40)75-39-25(61)19(55)30(11(4-47)68-39)74-38-24(60)18(54)17(53)10(3-46)67-38/h10-65H,1-9H2/t10-,11-,12-,13-,14-,15-,16-,17-,18+,19-,20-,21-,22-,23-,24+,25-,26-,27-,28-,29-,30-,31-,32-,33-,34-,35-,36-,37-,38-,39-,40-,41-,42-,43-,44+/m1/s1. The topological polar surface area (TPSA) is 554 Å². The van der Waals surface area contributed by atoms with Gasteiger partial charge in [-0.1, -0.05) is 0 Å². The smallest absolute Gasteiger partial charge is 0.187 e. The van der Waals surface area contributed by atoms with E-state index in [0.717, 1.165) is 0 Å². The van der Waals surface area contributed by atoms with E-state index < -0.39 is 249 Å². The summed E-state index contributed by atoms with van der Waals surface area (Å²) in [4.78, 5) is 0. The van der Waals surface area contributed by atoms with Crippen LogP contribution in [0.5, 0.6) is 0 Å². The Kier molecular flexibility index (Phi) is 22.9. The maximum absolute atomic E-state index is 11.4. The van der Waals surface area contributed by atoms with Crippen molar-refractivity contribution in [2.45, 2.75) is 213 Å². The summed E-state index contributed by atoms with van der Waals surface area (Å²) in [6.07, 6.45) is -59.6. The van der Waals surface area contributed by atoms with E-state index in [-0.39, 0.29) is 23.7 Å². The Morgan fingerprint density at radius 3 is 0.762 bits per heavy atom. The van der Waals surface area contributed by atoms with Crippen molar-refractivity contribution < 1.29 is 174 Å². The fourth-order valence-corrected chi connectivity index (χ4v) is 11.8. The third kappa shape index (κ3) is 13.3. The van der Waals surface area contributed by atoms with Gasteiger partial charge >= 0.3 is 0 Å². The number of thioether (sulfide) groups is 1. The van der Waals surface area contributed by atoms with E-state index >= 15 is 0 Å². The van der Waals surface area contributed by atoms with Gasteiger partial charge in [-0.05, 0) is 0 Å². The second-order valence-corrected chi connectivity index (χ2v) is 21.6. The highest BCUT2D eigenvalue weighted by Gasteiger charge is 2.61. The summed E-state index contributed by atoms with van der Waals surface area (Å²) >= 11 is 1.38. The molecule has 35 nitrogen and oxygen atoms in total. The van der Waals surface area contributed by atoms with E-state index in [1.807, 2.05) is 0 Å². The molecule has 35 atom stereocenters. The molecule has 36 heteroatoms. The lowest BCUT2D eigenvalue weighted by Gasteiger charge is -2.50. The third-order valence-electron chi connectivity index (χ3n) is 15.1. The van der Waals surface area contributed by atoms with E-state index in [1.54, 1.807) is 0 Å². The van der Waals surface area contributed by atoms with Crippen molar-refractivity contribution in [1.29, 1.82) is 0 Å². The SMILES string of the molecule is OCCO[C@H]1O[C@H](CO)[C@@H](O[C@H]2O[C@H](CO)[C@@H](O[C@H]3O[C@H](CO)[C@@H](O[C@H]4O[C@H](CO)[C@@H](O[C@H]5O[C@H](CO)[C@@H](O[C@H]6O[C@H](CO)[C@@H](O[C@H]7O[C@H](CO)[C@@H](O)[C@H](O)[C@@H]7O)[C@H](O)[C@H]6O)[C@H](O)[C@H]5O)[C@H](O)[C@H]4O)[C@H](O)[C@H]3O)[C@H](O)[C@H]2O)[C@H]2S[C@@H]12. The van der Waals surface area contributed by atoms with Crippen molar-refractivity contribution in [2.24, 2.45) is 0 Å². The molecule has 0 radical (unpaired) electrons. The van der Waals surface area contributed by atoms with E-state index in [0.29, 0.717) is 0 Å². The quantitative estimate of drug-likeness (QED) is 0.0448. The minimum atomic E-state index is -2.20. The summed E-state index contributed by atoms with van der Waals surface area (Å²) in [5, 5.41) is 223. The average Bonchev–Trinajstić information content (AvgIpc) is 4.29. The van der Waals surface area contributed by atoms with Crippen LogP contribution in [0.15, 0.2) is 0 Å². The van der Waals surface area contributed by atoms with Crippen molar-refractivity contribution in [3.05, 3.63) is 0 Å². The van der Waals surface area contributed by atoms with E-state index in [1.165, 1.54) is 11.8 Å². The van der Waals surface area contributed by atoms with Gasteiger partial charge in [0.25, 0.3) is 0 Å². The van der Waals surface area contributed by atoms with Crippen LogP contribution >= 0.6 is 11.8 Å². The summed E-state index contributed by atoms with van der Waals surface area (Å²) in [6.45, 7) is -6.62. The van der Waals surface area contributed by atoms with Crippen molar-refractivity contribution >= 4 is 11.8 Å². The van der Waals surface area contributed by atoms with Gasteiger partial charge in [0.05, 0.1) is 70.0 Å². The predicted molar refractivity (Wildman–Crippen MR) is 246 cm³/mol. The highest BCUT2D eigenvalue weighted by Crippen LogP contribution is 2.53. The molecule has 0 aliphatic carbocycles. The van der Waals surface area contributed by atoms with Crippen LogP contribution < -0.4 is 0 Å². The normalized spacial score (nSPS) is 52.8. The molecule has 8 saturated heterocycles. The maximum Gasteiger partial charge on any atom is 0.187 e. The van der Waals surface area contributed by atoms with Gasteiger partial charge in [-0.25, -0.2) is 0 Å². The van der Waals surface area contributed by atoms with Gasteiger partial charge in [0.2, 0.25) is 0 Å². The van der Waals surface area contributed by atoms with E-state index in [2.05, 4.69) is 0 Å². The van der Waals surface area contributed by atoms with Crippen LogP contribution in [-0.4, -0.2) is 380 Å². The van der Waals surface area contributed by atoms with Crippen LogP contribution in [0.2, 0.25) is 0 Å². The van der Waals surface area contributed by atoms with Crippen LogP contribution in [-0.2, 0) is 66.3 Å². The molecule has 0 saturated carbocycles. The van der Waals surface area contributed by atoms with Crippen LogP contribution in [0.3, 0.4) is 0 Å². The van der Waals surface area contributed by atoms with Gasteiger partial charge < -0.3 is 174 Å². The molecule has 8 fully saturated rings. The van der Waals surface area contributed by atoms with Crippen molar-refractivity contribution in [3.8, 4) is 0 Å². The van der Waals surface area contributed by atoms with Gasteiger partial charge in [0.1, 0.15) is 159 Å². The fraction of sp³-hybridized carbons (Fsp3) is 1.00. The monoisotopic (exact) mass is 1190 g/mol. The van der Waals surface area contributed by atoms with Crippen LogP contribution in [0.4, 0.5) is 0 Å². The number of rotatable bonds is 22. The summed E-state index contributed by atoms with van der Waals surface area (Å²) in [7, 11) is 0. The summed E-state index contributed by atoms with van der Waals surface area (Å²) < 4.78 is 79.3. The van der Waals surface area contributed by atoms with Crippen molar-refractivity contribution in [1.82, 2.24) is 0 Å². The zero-order valence-electron chi connectivity index (χ0n) is 42.1. The summed E-state index contributed by atoms with van der Waals surface area (Å²) in [5.41, 5.74) is 0. The van der Waals surface area contributed by atoms with Gasteiger partial charge in [0, 0.05) is 0 Å². The zero-order chi connectivity index (χ0) is 58.2. The molecule has 466 valence electrons. The van der Waals surface area contributed by atoms with Crippen LogP contribution in [0.25, 0.3) is 0 Å². The van der Waals surface area contributed by atoms with E-state index in [9.17, 15) is 102 Å². The van der Waals surface area contributed by atoms with Gasteiger partial charge in [-0.2, -0.15) is 0 Å². The molecular weight excluding hydrogens is 1120 g/mol. The lowest BCUT2D eigenvalue weighted by atomic mass is 9.95. The molecule has 0 spiro atoms. The molecular formula is C44H74O35S. The first kappa shape index (κ1) is 64.9. The number of fused-ring (bicyclic) bond motifs is 1. The molecule has 0 aromatic heterocycles. The number of aliphatic hydroxyl groups is 21. The predicted octanol–water partition coefficient (Wildman–Crippen LogP) is -14.5. The van der Waals surface area contributed by atoms with Crippen LogP contribution in [0.1, 0.15) is 0 Å². The molecule has 8 aliphatic heterocycles. The number of hydrogen-bond donors (Lipinski definition) is 21. The first-order chi connectivity index (χ1) is 38.2. The molecule has 8 heterocycles. The molecule has 8 rings (SSSR count). The Morgan fingerprint density at radius 1 is 0.250 bits per heavy atom. The third-order valence-corrected chi connectivity index (χ3v) is 16.5. The minimum absolute atomic E-state index is 0.0283. The van der Waals surface area contributed by atoms with Crippen molar-refractivity contribution in [3.63, 3.8) is 0 Å². The lowest BCUT2D eigenvalue weighted by molar-refractivity contribution is -0.396. The Balaban J connectivity index is 0.852. The Labute approximate surface area is 457 Å². The van der Waals surface area contributed by atoms with Gasteiger partial charge in [-0.15, -0.1) is 11.8 Å². The fourth-order valence-electron chi connectivity index (χ4n) is 10.5. The molecule has 8 aliphatic rings. The Morgan fingerprint density at radius 2 is 0.487 bits per heavy atom. The van der Waals surface area contributed by atoms with Gasteiger partial charge in [0.15, 0.2) is 44.0 Å². The summed E-state index contributed by atoms with van der Waals surface area (Å²) in [5.74, 6) is 0. The second kappa shape index (κ2) is 28.2. The zero-order valence-corrected chi connectivity index (χ0v) is 42.9. The number of aliphatic hydroxyl groups excluding tert-OH is 21.